The molecule has 1 amide bonds. The van der Waals surface area contributed by atoms with E-state index in [-0.39, 0.29) is 11.7 Å². The van der Waals surface area contributed by atoms with Crippen LogP contribution in [0.5, 0.6) is 0 Å². The molecule has 3 aliphatic rings. The van der Waals surface area contributed by atoms with Gasteiger partial charge in [-0.1, -0.05) is 15.9 Å². The number of nitrogens with zero attached hydrogens (tertiary/aromatic N) is 1. The van der Waals surface area contributed by atoms with Crippen molar-refractivity contribution in [2.45, 2.75) is 37.3 Å². The van der Waals surface area contributed by atoms with Gasteiger partial charge in [-0.15, -0.1) is 0 Å². The number of hydrogen-bond donors (Lipinski definition) is 0. The lowest BCUT2D eigenvalue weighted by atomic mass is 9.95. The van der Waals surface area contributed by atoms with Crippen LogP contribution in [0.2, 0.25) is 0 Å². The molecule has 0 aromatic rings. The molecule has 0 bridgehead atoms. The maximum Gasteiger partial charge on any atom is 0.229 e. The van der Waals surface area contributed by atoms with Crippen LogP contribution in [0.3, 0.4) is 0 Å². The van der Waals surface area contributed by atoms with E-state index in [4.69, 9.17) is 9.47 Å². The summed E-state index contributed by atoms with van der Waals surface area (Å²) in [5.74, 6) is 0.647. The fourth-order valence-electron chi connectivity index (χ4n) is 2.96. The van der Waals surface area contributed by atoms with Gasteiger partial charge in [0.1, 0.15) is 0 Å². The Morgan fingerprint density at radius 1 is 1.39 bits per heavy atom. The molecule has 2 aliphatic heterocycles. The van der Waals surface area contributed by atoms with E-state index in [0.717, 1.165) is 32.4 Å². The normalized spacial score (nSPS) is 41.1. The van der Waals surface area contributed by atoms with Crippen molar-refractivity contribution in [1.82, 2.24) is 4.90 Å². The Bertz CT molecular complexity index is 345. The van der Waals surface area contributed by atoms with Crippen LogP contribution in [-0.2, 0) is 14.3 Å². The van der Waals surface area contributed by atoms with Crippen molar-refractivity contribution in [2.75, 3.05) is 26.3 Å². The third kappa shape index (κ3) is 2.21. The lowest BCUT2D eigenvalue weighted by Crippen LogP contribution is -2.46. The molecule has 3 unspecified atom stereocenters. The Kier molecular flexibility index (Phi) is 3.41. The number of amides is 1. The monoisotopic (exact) mass is 317 g/mol. The summed E-state index contributed by atoms with van der Waals surface area (Å²) < 4.78 is 11.1. The Morgan fingerprint density at radius 2 is 2.06 bits per heavy atom. The molecule has 1 saturated carbocycles. The van der Waals surface area contributed by atoms with Crippen molar-refractivity contribution in [3.05, 3.63) is 0 Å². The topological polar surface area (TPSA) is 38.8 Å². The molecule has 3 atom stereocenters. The highest BCUT2D eigenvalue weighted by atomic mass is 79.9. The lowest BCUT2D eigenvalue weighted by Gasteiger charge is -2.36. The van der Waals surface area contributed by atoms with Gasteiger partial charge in [-0.25, -0.2) is 0 Å². The summed E-state index contributed by atoms with van der Waals surface area (Å²) in [4.78, 5) is 14.8. The maximum absolute atomic E-state index is 12.5. The zero-order chi connectivity index (χ0) is 12.8. The van der Waals surface area contributed by atoms with E-state index in [2.05, 4.69) is 22.9 Å². The molecule has 102 valence electrons. The molecule has 0 radical (unpaired) electrons. The van der Waals surface area contributed by atoms with E-state index >= 15 is 0 Å². The lowest BCUT2D eigenvalue weighted by molar-refractivity contribution is -0.144. The molecule has 0 N–H and O–H groups in total. The first-order valence-electron chi connectivity index (χ1n) is 6.78. The second kappa shape index (κ2) is 4.76. The average Bonchev–Trinajstić information content (AvgIpc) is 2.85. The molecule has 18 heavy (non-hydrogen) atoms. The highest BCUT2D eigenvalue weighted by molar-refractivity contribution is 9.09. The number of rotatable bonds is 2. The Balaban J connectivity index is 1.61. The van der Waals surface area contributed by atoms with Gasteiger partial charge in [-0.3, -0.25) is 4.79 Å². The fourth-order valence-corrected chi connectivity index (χ4v) is 3.83. The third-order valence-corrected chi connectivity index (χ3v) is 5.73. The smallest absolute Gasteiger partial charge is 0.229 e. The van der Waals surface area contributed by atoms with Crippen molar-refractivity contribution in [3.63, 3.8) is 0 Å². The van der Waals surface area contributed by atoms with E-state index in [9.17, 15) is 4.79 Å². The molecule has 5 heteroatoms. The van der Waals surface area contributed by atoms with E-state index in [1.807, 2.05) is 4.90 Å². The van der Waals surface area contributed by atoms with Gasteiger partial charge in [0, 0.05) is 23.8 Å². The van der Waals surface area contributed by atoms with Gasteiger partial charge in [0.25, 0.3) is 0 Å². The molecule has 2 heterocycles. The summed E-state index contributed by atoms with van der Waals surface area (Å²) in [7, 11) is 0. The largest absolute Gasteiger partial charge is 0.350 e. The fraction of sp³-hybridized carbons (Fsp3) is 0.923. The van der Waals surface area contributed by atoms with Gasteiger partial charge in [0.05, 0.1) is 18.6 Å². The van der Waals surface area contributed by atoms with Crippen LogP contribution in [0.25, 0.3) is 0 Å². The quantitative estimate of drug-likeness (QED) is 0.729. The number of ether oxygens (including phenoxy) is 2. The standard InChI is InChI=1S/C13H20BrNO3/c1-13(7-10(13)14)12(16)15-4-2-3-9(8-15)11-17-5-6-18-11/h9-11H,2-8H2,1H3. The van der Waals surface area contributed by atoms with Gasteiger partial charge in [0.2, 0.25) is 5.91 Å². The molecule has 3 rings (SSSR count). The van der Waals surface area contributed by atoms with Gasteiger partial charge in [-0.2, -0.15) is 0 Å². The second-order valence-electron chi connectivity index (χ2n) is 5.85. The summed E-state index contributed by atoms with van der Waals surface area (Å²) >= 11 is 3.56. The van der Waals surface area contributed by atoms with Crippen molar-refractivity contribution in [3.8, 4) is 0 Å². The summed E-state index contributed by atoms with van der Waals surface area (Å²) in [6, 6.07) is 0. The summed E-state index contributed by atoms with van der Waals surface area (Å²) in [6.07, 6.45) is 3.03. The zero-order valence-electron chi connectivity index (χ0n) is 10.7. The number of likely N-dealkylation sites (tertiary alicyclic amines) is 1. The Morgan fingerprint density at radius 3 is 2.67 bits per heavy atom. The highest BCUT2D eigenvalue weighted by Gasteiger charge is 2.56. The van der Waals surface area contributed by atoms with Gasteiger partial charge in [0.15, 0.2) is 6.29 Å². The first kappa shape index (κ1) is 12.9. The predicted octanol–water partition coefficient (Wildman–Crippen LogP) is 1.77. The number of hydrogen-bond acceptors (Lipinski definition) is 3. The Labute approximate surface area is 116 Å². The van der Waals surface area contributed by atoms with Crippen molar-refractivity contribution < 1.29 is 14.3 Å². The second-order valence-corrected chi connectivity index (χ2v) is 6.96. The predicted molar refractivity (Wildman–Crippen MR) is 70.4 cm³/mol. The van der Waals surface area contributed by atoms with Crippen LogP contribution in [0.4, 0.5) is 0 Å². The van der Waals surface area contributed by atoms with Gasteiger partial charge >= 0.3 is 0 Å². The van der Waals surface area contributed by atoms with Crippen molar-refractivity contribution in [1.29, 1.82) is 0 Å². The van der Waals surface area contributed by atoms with Crippen LogP contribution in [-0.4, -0.2) is 48.2 Å². The average molecular weight is 318 g/mol. The molecule has 3 fully saturated rings. The molecule has 1 aliphatic carbocycles. The minimum Gasteiger partial charge on any atom is -0.350 e. The SMILES string of the molecule is CC1(C(=O)N2CCCC(C3OCCO3)C2)CC1Br. The maximum atomic E-state index is 12.5. The third-order valence-electron chi connectivity index (χ3n) is 4.40. The molecular formula is C13H20BrNO3. The molecular weight excluding hydrogens is 298 g/mol. The van der Waals surface area contributed by atoms with E-state index in [0.29, 0.717) is 29.9 Å². The first-order chi connectivity index (χ1) is 8.61. The summed E-state index contributed by atoms with van der Waals surface area (Å²) in [5.41, 5.74) is -0.167. The highest BCUT2D eigenvalue weighted by Crippen LogP contribution is 2.52. The first-order valence-corrected chi connectivity index (χ1v) is 7.69. The van der Waals surface area contributed by atoms with E-state index in [1.54, 1.807) is 0 Å². The summed E-state index contributed by atoms with van der Waals surface area (Å²) in [5, 5.41) is 0. The number of alkyl halides is 1. The van der Waals surface area contributed by atoms with Crippen molar-refractivity contribution >= 4 is 21.8 Å². The van der Waals surface area contributed by atoms with Crippen LogP contribution in [0.1, 0.15) is 26.2 Å². The number of carbonyl (C=O) groups is 1. The summed E-state index contributed by atoms with van der Waals surface area (Å²) in [6.45, 7) is 5.11. The minimum atomic E-state index is -0.167. The van der Waals surface area contributed by atoms with Crippen LogP contribution in [0, 0.1) is 11.3 Å². The van der Waals surface area contributed by atoms with Crippen molar-refractivity contribution in [2.24, 2.45) is 11.3 Å². The molecule has 4 nitrogen and oxygen atoms in total. The van der Waals surface area contributed by atoms with Crippen LogP contribution >= 0.6 is 15.9 Å². The van der Waals surface area contributed by atoms with Crippen LogP contribution < -0.4 is 0 Å². The molecule has 0 spiro atoms. The number of piperidine rings is 1. The van der Waals surface area contributed by atoms with Gasteiger partial charge < -0.3 is 14.4 Å². The molecule has 0 aromatic heterocycles. The molecule has 2 saturated heterocycles. The number of halogens is 1. The van der Waals surface area contributed by atoms with Crippen LogP contribution in [0.15, 0.2) is 0 Å². The molecule has 0 aromatic carbocycles. The van der Waals surface area contributed by atoms with E-state index in [1.165, 1.54) is 0 Å². The zero-order valence-corrected chi connectivity index (χ0v) is 12.3. The Hall–Kier alpha value is -0.130. The minimum absolute atomic E-state index is 0.0904. The number of carbonyl (C=O) groups excluding carboxylic acids is 1. The van der Waals surface area contributed by atoms with E-state index < -0.39 is 0 Å². The van der Waals surface area contributed by atoms with Gasteiger partial charge in [-0.05, 0) is 26.2 Å².